The number of hydrazone groups is 1. The van der Waals surface area contributed by atoms with Crippen LogP contribution in [-0.2, 0) is 5.75 Å². The van der Waals surface area contributed by atoms with Crippen LogP contribution in [0.15, 0.2) is 144 Å². The number of amides is 1. The maximum Gasteiger partial charge on any atom is 0.271 e. The van der Waals surface area contributed by atoms with Gasteiger partial charge in [-0.05, 0) is 53.6 Å². The van der Waals surface area contributed by atoms with Crippen LogP contribution < -0.4 is 5.43 Å². The van der Waals surface area contributed by atoms with Gasteiger partial charge in [-0.15, -0.1) is 0 Å². The van der Waals surface area contributed by atoms with Gasteiger partial charge in [-0.2, -0.15) is 5.10 Å². The van der Waals surface area contributed by atoms with E-state index in [1.54, 1.807) is 18.0 Å². The van der Waals surface area contributed by atoms with Crippen molar-refractivity contribution in [2.45, 2.75) is 10.9 Å². The number of fused-ring (bicyclic) bond motifs is 2. The van der Waals surface area contributed by atoms with E-state index in [-0.39, 0.29) is 5.91 Å². The Morgan fingerprint density at radius 3 is 2.30 bits per heavy atom. The summed E-state index contributed by atoms with van der Waals surface area (Å²) in [5, 5.41) is 6.35. The molecule has 0 aliphatic carbocycles. The number of para-hydroxylation sites is 4. The Kier molecular flexibility index (Phi) is 7.29. The molecule has 7 rings (SSSR count). The fourth-order valence-electron chi connectivity index (χ4n) is 5.24. The van der Waals surface area contributed by atoms with Crippen LogP contribution in [0.2, 0.25) is 0 Å². The number of rotatable bonds is 8. The van der Waals surface area contributed by atoms with E-state index < -0.39 is 0 Å². The van der Waals surface area contributed by atoms with Crippen molar-refractivity contribution < 1.29 is 4.79 Å². The molecule has 1 amide bonds. The van der Waals surface area contributed by atoms with Gasteiger partial charge in [0.15, 0.2) is 5.16 Å². The molecule has 0 unspecified atom stereocenters. The molecule has 2 N–H and O–H groups in total. The summed E-state index contributed by atoms with van der Waals surface area (Å²) in [6, 6.07) is 44.4. The number of hydrogen-bond donors (Lipinski definition) is 2. The minimum absolute atomic E-state index is 0.263. The molecule has 208 valence electrons. The second-order valence-corrected chi connectivity index (χ2v) is 11.0. The van der Waals surface area contributed by atoms with Gasteiger partial charge in [-0.1, -0.05) is 103 Å². The molecule has 0 bridgehead atoms. The molecule has 7 aromatic rings. The Morgan fingerprint density at radius 2 is 1.51 bits per heavy atom. The summed E-state index contributed by atoms with van der Waals surface area (Å²) < 4.78 is 2.25. The number of aromatic nitrogens is 3. The topological polar surface area (TPSA) is 75.1 Å². The second-order valence-electron chi connectivity index (χ2n) is 10.1. The fourth-order valence-corrected chi connectivity index (χ4v) is 6.08. The quantitative estimate of drug-likeness (QED) is 0.109. The first-order valence-electron chi connectivity index (χ1n) is 14.0. The molecule has 6 nitrogen and oxygen atoms in total. The summed E-state index contributed by atoms with van der Waals surface area (Å²) in [7, 11) is 0. The molecule has 2 aromatic heterocycles. The Morgan fingerprint density at radius 1 is 0.814 bits per heavy atom. The molecule has 2 heterocycles. The highest BCUT2D eigenvalue weighted by atomic mass is 32.2. The standard InChI is InChI=1S/C36H27N5OS/c42-35(27-21-19-25(20-22-27)24-43-36-38-31-16-8-9-17-32(31)39-36)40-37-23-30-29-15-7-10-18-33(29)41(28-13-5-2-6-14-28)34(30)26-11-3-1-4-12-26/h1-23H,24H2,(H,38,39)(H,40,42)/b37-23-. The highest BCUT2D eigenvalue weighted by Crippen LogP contribution is 2.35. The van der Waals surface area contributed by atoms with Crippen molar-refractivity contribution in [3.63, 3.8) is 0 Å². The van der Waals surface area contributed by atoms with Crippen molar-refractivity contribution in [1.29, 1.82) is 0 Å². The van der Waals surface area contributed by atoms with E-state index in [0.29, 0.717) is 5.56 Å². The molecular weight excluding hydrogens is 550 g/mol. The summed E-state index contributed by atoms with van der Waals surface area (Å²) in [5.41, 5.74) is 11.5. The molecule has 0 aliphatic heterocycles. The summed E-state index contributed by atoms with van der Waals surface area (Å²) in [6.07, 6.45) is 1.75. The van der Waals surface area contributed by atoms with Gasteiger partial charge < -0.3 is 9.55 Å². The zero-order chi connectivity index (χ0) is 29.0. The third kappa shape index (κ3) is 5.46. The Bertz CT molecular complexity index is 2030. The smallest absolute Gasteiger partial charge is 0.271 e. The van der Waals surface area contributed by atoms with Gasteiger partial charge in [0.1, 0.15) is 0 Å². The normalized spacial score (nSPS) is 11.4. The molecule has 0 fully saturated rings. The third-order valence-corrected chi connectivity index (χ3v) is 8.24. The van der Waals surface area contributed by atoms with Crippen LogP contribution in [0.1, 0.15) is 21.5 Å². The lowest BCUT2D eigenvalue weighted by Crippen LogP contribution is -2.17. The zero-order valence-corrected chi connectivity index (χ0v) is 24.0. The first-order valence-corrected chi connectivity index (χ1v) is 15.0. The van der Waals surface area contributed by atoms with Crippen molar-refractivity contribution in [2.24, 2.45) is 5.10 Å². The average molecular weight is 578 g/mol. The van der Waals surface area contributed by atoms with Crippen molar-refractivity contribution in [3.8, 4) is 16.9 Å². The van der Waals surface area contributed by atoms with Gasteiger partial charge >= 0.3 is 0 Å². The molecule has 0 radical (unpaired) electrons. The van der Waals surface area contributed by atoms with Gasteiger partial charge in [0.05, 0.1) is 28.5 Å². The molecule has 5 aromatic carbocycles. The Hall–Kier alpha value is -5.40. The molecule has 7 heteroatoms. The molecular formula is C36H27N5OS. The number of hydrogen-bond acceptors (Lipinski definition) is 4. The van der Waals surface area contributed by atoms with Gasteiger partial charge in [0.2, 0.25) is 0 Å². The van der Waals surface area contributed by atoms with Crippen LogP contribution in [0.3, 0.4) is 0 Å². The molecule has 0 saturated heterocycles. The summed E-state index contributed by atoms with van der Waals surface area (Å²) in [4.78, 5) is 21.0. The number of nitrogens with one attached hydrogen (secondary N) is 2. The third-order valence-electron chi connectivity index (χ3n) is 7.29. The first-order chi connectivity index (χ1) is 21.2. The number of thioether (sulfide) groups is 1. The first kappa shape index (κ1) is 26.5. The fraction of sp³-hybridized carbons (Fsp3) is 0.0278. The second kappa shape index (κ2) is 11.8. The van der Waals surface area contributed by atoms with Crippen molar-refractivity contribution in [2.75, 3.05) is 0 Å². The Balaban J connectivity index is 1.12. The number of carbonyl (C=O) groups is 1. The van der Waals surface area contributed by atoms with E-state index in [1.165, 1.54) is 0 Å². The van der Waals surface area contributed by atoms with Gasteiger partial charge in [0, 0.05) is 28.0 Å². The Labute approximate surface area is 253 Å². The number of nitrogens with zero attached hydrogens (tertiary/aromatic N) is 3. The monoisotopic (exact) mass is 577 g/mol. The summed E-state index contributed by atoms with van der Waals surface area (Å²) in [6.45, 7) is 0. The SMILES string of the molecule is O=C(N/N=C\c1c(-c2ccccc2)n(-c2ccccc2)c2ccccc12)c1ccc(CSc2nc3ccccc3[nH]2)cc1. The van der Waals surface area contributed by atoms with E-state index >= 15 is 0 Å². The van der Waals surface area contributed by atoms with Crippen LogP contribution in [0.5, 0.6) is 0 Å². The van der Waals surface area contributed by atoms with Crippen LogP contribution in [0.4, 0.5) is 0 Å². The molecule has 0 spiro atoms. The van der Waals surface area contributed by atoms with Crippen molar-refractivity contribution in [3.05, 3.63) is 150 Å². The van der Waals surface area contributed by atoms with Crippen LogP contribution >= 0.6 is 11.8 Å². The zero-order valence-electron chi connectivity index (χ0n) is 23.1. The van der Waals surface area contributed by atoms with Gasteiger partial charge in [0.25, 0.3) is 5.91 Å². The van der Waals surface area contributed by atoms with Crippen LogP contribution in [-0.4, -0.2) is 26.7 Å². The predicted octanol–water partition coefficient (Wildman–Crippen LogP) is 8.23. The van der Waals surface area contributed by atoms with E-state index in [1.807, 2.05) is 97.1 Å². The van der Waals surface area contributed by atoms with Crippen LogP contribution in [0.25, 0.3) is 38.9 Å². The minimum Gasteiger partial charge on any atom is -0.333 e. The molecule has 43 heavy (non-hydrogen) atoms. The lowest BCUT2D eigenvalue weighted by molar-refractivity contribution is 0.0955. The van der Waals surface area contributed by atoms with E-state index in [0.717, 1.165) is 60.9 Å². The summed E-state index contributed by atoms with van der Waals surface area (Å²) >= 11 is 1.63. The van der Waals surface area contributed by atoms with E-state index in [2.05, 4.69) is 61.5 Å². The summed E-state index contributed by atoms with van der Waals surface area (Å²) in [5.74, 6) is 0.481. The predicted molar refractivity (Wildman–Crippen MR) is 176 cm³/mol. The van der Waals surface area contributed by atoms with Crippen molar-refractivity contribution in [1.82, 2.24) is 20.0 Å². The minimum atomic E-state index is -0.263. The largest absolute Gasteiger partial charge is 0.333 e. The highest BCUT2D eigenvalue weighted by Gasteiger charge is 2.18. The number of aromatic amines is 1. The van der Waals surface area contributed by atoms with E-state index in [4.69, 9.17) is 0 Å². The van der Waals surface area contributed by atoms with Gasteiger partial charge in [-0.3, -0.25) is 4.79 Å². The maximum atomic E-state index is 13.0. The van der Waals surface area contributed by atoms with Gasteiger partial charge in [-0.25, -0.2) is 10.4 Å². The number of H-pyrrole nitrogens is 1. The lowest BCUT2D eigenvalue weighted by Gasteiger charge is -2.12. The lowest BCUT2D eigenvalue weighted by atomic mass is 10.1. The van der Waals surface area contributed by atoms with Crippen molar-refractivity contribution >= 4 is 45.8 Å². The number of imidazole rings is 1. The molecule has 0 atom stereocenters. The van der Waals surface area contributed by atoms with Crippen LogP contribution in [0, 0.1) is 0 Å². The highest BCUT2D eigenvalue weighted by molar-refractivity contribution is 7.98. The molecule has 0 saturated carbocycles. The number of benzene rings is 5. The van der Waals surface area contributed by atoms with E-state index in [9.17, 15) is 4.79 Å². The average Bonchev–Trinajstić information content (AvgIpc) is 3.64. The molecule has 0 aliphatic rings. The number of carbonyl (C=O) groups excluding carboxylic acids is 1. The maximum absolute atomic E-state index is 13.0.